The fourth-order valence-corrected chi connectivity index (χ4v) is 1.99. The topological polar surface area (TPSA) is 93.5 Å². The highest BCUT2D eigenvalue weighted by Crippen LogP contribution is 2.29. The van der Waals surface area contributed by atoms with Crippen LogP contribution in [0, 0.1) is 10.1 Å². The minimum absolute atomic E-state index is 0.00213. The summed E-state index contributed by atoms with van der Waals surface area (Å²) in [4.78, 5) is 21.6. The van der Waals surface area contributed by atoms with E-state index in [-0.39, 0.29) is 17.6 Å². The molecule has 7 nitrogen and oxygen atoms in total. The quantitative estimate of drug-likeness (QED) is 0.632. The summed E-state index contributed by atoms with van der Waals surface area (Å²) in [5, 5.41) is 16.8. The molecule has 0 aromatic heterocycles. The van der Waals surface area contributed by atoms with Crippen LogP contribution in [0.3, 0.4) is 0 Å². The second-order valence-corrected chi connectivity index (χ2v) is 4.32. The molecule has 0 bridgehead atoms. The molecule has 1 aliphatic heterocycles. The number of hydrogen-bond donors (Lipinski definition) is 2. The number of rotatable bonds is 4. The zero-order valence-corrected chi connectivity index (χ0v) is 10.5. The van der Waals surface area contributed by atoms with Crippen molar-refractivity contribution in [1.82, 2.24) is 5.32 Å². The van der Waals surface area contributed by atoms with Crippen molar-refractivity contribution in [2.45, 2.75) is 18.9 Å². The maximum atomic E-state index is 11.1. The molecule has 1 aromatic carbocycles. The number of ether oxygens (including phenoxy) is 1. The summed E-state index contributed by atoms with van der Waals surface area (Å²) in [5.74, 6) is 0.561. The first kappa shape index (κ1) is 13.1. The molecule has 2 rings (SSSR count). The first-order chi connectivity index (χ1) is 9.10. The van der Waals surface area contributed by atoms with Crippen LogP contribution in [0.25, 0.3) is 0 Å². The lowest BCUT2D eigenvalue weighted by atomic mass is 10.1. The van der Waals surface area contributed by atoms with E-state index in [0.29, 0.717) is 30.8 Å². The van der Waals surface area contributed by atoms with Gasteiger partial charge in [-0.05, 0) is 12.5 Å². The predicted molar refractivity (Wildman–Crippen MR) is 69.3 cm³/mol. The van der Waals surface area contributed by atoms with Crippen LogP contribution in [0.2, 0.25) is 0 Å². The van der Waals surface area contributed by atoms with Crippen molar-refractivity contribution < 1.29 is 14.5 Å². The standard InChI is InChI=1S/C12H15N3O4/c1-19-9-3-4-11(15(17)18)10(6-9)14-8-2-5-12(16)13-7-8/h3-4,6,8,14H,2,5,7H2,1H3,(H,13,16). The van der Waals surface area contributed by atoms with Crippen LogP contribution in [-0.2, 0) is 4.79 Å². The van der Waals surface area contributed by atoms with Crippen molar-refractivity contribution in [2.75, 3.05) is 19.0 Å². The third-order valence-corrected chi connectivity index (χ3v) is 3.03. The van der Waals surface area contributed by atoms with Crippen molar-refractivity contribution in [2.24, 2.45) is 0 Å². The molecule has 0 aliphatic carbocycles. The molecule has 102 valence electrons. The van der Waals surface area contributed by atoms with Crippen LogP contribution in [0.4, 0.5) is 11.4 Å². The average Bonchev–Trinajstić information content (AvgIpc) is 2.41. The number of nitrogens with one attached hydrogen (secondary N) is 2. The van der Waals surface area contributed by atoms with Gasteiger partial charge in [-0.3, -0.25) is 14.9 Å². The Morgan fingerprint density at radius 2 is 2.32 bits per heavy atom. The van der Waals surface area contributed by atoms with Gasteiger partial charge >= 0.3 is 0 Å². The van der Waals surface area contributed by atoms with E-state index in [1.165, 1.54) is 13.2 Å². The van der Waals surface area contributed by atoms with Gasteiger partial charge in [0.05, 0.1) is 12.0 Å². The molecule has 0 spiro atoms. The molecule has 1 heterocycles. The summed E-state index contributed by atoms with van der Waals surface area (Å²) in [6, 6.07) is 4.53. The summed E-state index contributed by atoms with van der Waals surface area (Å²) in [5.41, 5.74) is 0.406. The zero-order chi connectivity index (χ0) is 13.8. The molecule has 1 aromatic rings. The van der Waals surface area contributed by atoms with Crippen LogP contribution in [-0.4, -0.2) is 30.5 Å². The van der Waals surface area contributed by atoms with Gasteiger partial charge < -0.3 is 15.4 Å². The van der Waals surface area contributed by atoms with Gasteiger partial charge in [0, 0.05) is 31.1 Å². The predicted octanol–water partition coefficient (Wildman–Crippen LogP) is 1.29. The molecule has 1 atom stereocenters. The fourth-order valence-electron chi connectivity index (χ4n) is 1.99. The largest absolute Gasteiger partial charge is 0.497 e. The van der Waals surface area contributed by atoms with Gasteiger partial charge in [0.15, 0.2) is 0 Å². The van der Waals surface area contributed by atoms with E-state index in [2.05, 4.69) is 10.6 Å². The highest BCUT2D eigenvalue weighted by atomic mass is 16.6. The number of hydrogen-bond acceptors (Lipinski definition) is 5. The Morgan fingerprint density at radius 1 is 1.53 bits per heavy atom. The van der Waals surface area contributed by atoms with E-state index in [1.54, 1.807) is 12.1 Å². The average molecular weight is 265 g/mol. The second-order valence-electron chi connectivity index (χ2n) is 4.32. The van der Waals surface area contributed by atoms with Crippen molar-refractivity contribution in [3.05, 3.63) is 28.3 Å². The van der Waals surface area contributed by atoms with Crippen molar-refractivity contribution in [3.63, 3.8) is 0 Å². The molecular weight excluding hydrogens is 250 g/mol. The maximum absolute atomic E-state index is 11.1. The lowest BCUT2D eigenvalue weighted by Gasteiger charge is -2.24. The van der Waals surface area contributed by atoms with E-state index in [0.717, 1.165) is 0 Å². The summed E-state index contributed by atoms with van der Waals surface area (Å²) >= 11 is 0. The highest BCUT2D eigenvalue weighted by Gasteiger charge is 2.21. The number of benzene rings is 1. The Kier molecular flexibility index (Phi) is 3.84. The third-order valence-electron chi connectivity index (χ3n) is 3.03. The van der Waals surface area contributed by atoms with Crippen molar-refractivity contribution in [3.8, 4) is 5.75 Å². The van der Waals surface area contributed by atoms with Gasteiger partial charge in [-0.25, -0.2) is 0 Å². The molecule has 19 heavy (non-hydrogen) atoms. The summed E-state index contributed by atoms with van der Waals surface area (Å²) in [6.45, 7) is 0.465. The van der Waals surface area contributed by atoms with Crippen LogP contribution in [0.5, 0.6) is 5.75 Å². The maximum Gasteiger partial charge on any atom is 0.292 e. The Bertz CT molecular complexity index is 494. The zero-order valence-electron chi connectivity index (χ0n) is 10.5. The molecule has 1 saturated heterocycles. The van der Waals surface area contributed by atoms with Crippen LogP contribution >= 0.6 is 0 Å². The minimum atomic E-state index is -0.441. The van der Waals surface area contributed by atoms with E-state index < -0.39 is 4.92 Å². The number of anilines is 1. The van der Waals surface area contributed by atoms with Crippen LogP contribution < -0.4 is 15.4 Å². The van der Waals surface area contributed by atoms with Crippen molar-refractivity contribution in [1.29, 1.82) is 0 Å². The normalized spacial score (nSPS) is 18.6. The molecule has 0 saturated carbocycles. The number of methoxy groups -OCH3 is 1. The van der Waals surface area contributed by atoms with E-state index >= 15 is 0 Å². The summed E-state index contributed by atoms with van der Waals surface area (Å²) in [6.07, 6.45) is 1.08. The molecule has 1 amide bonds. The van der Waals surface area contributed by atoms with Crippen LogP contribution in [0.15, 0.2) is 18.2 Å². The fraction of sp³-hybridized carbons (Fsp3) is 0.417. The number of nitro benzene ring substituents is 1. The third kappa shape index (κ3) is 3.12. The number of amides is 1. The monoisotopic (exact) mass is 265 g/mol. The van der Waals surface area contributed by atoms with Gasteiger partial charge in [0.25, 0.3) is 5.69 Å². The van der Waals surface area contributed by atoms with Gasteiger partial charge in [-0.2, -0.15) is 0 Å². The Balaban J connectivity index is 2.17. The number of piperidine rings is 1. The smallest absolute Gasteiger partial charge is 0.292 e. The Morgan fingerprint density at radius 3 is 2.89 bits per heavy atom. The number of nitrogens with zero attached hydrogens (tertiary/aromatic N) is 1. The van der Waals surface area contributed by atoms with Gasteiger partial charge in [-0.1, -0.05) is 0 Å². The highest BCUT2D eigenvalue weighted by molar-refractivity contribution is 5.77. The minimum Gasteiger partial charge on any atom is -0.497 e. The second kappa shape index (κ2) is 5.55. The number of carbonyl (C=O) groups excluding carboxylic acids is 1. The van der Waals surface area contributed by atoms with Crippen LogP contribution in [0.1, 0.15) is 12.8 Å². The first-order valence-corrected chi connectivity index (χ1v) is 5.96. The van der Waals surface area contributed by atoms with E-state index in [9.17, 15) is 14.9 Å². The Labute approximate surface area is 110 Å². The SMILES string of the molecule is COc1ccc([N+](=O)[O-])c(NC2CCC(=O)NC2)c1. The lowest BCUT2D eigenvalue weighted by Crippen LogP contribution is -2.41. The summed E-state index contributed by atoms with van der Waals surface area (Å²) < 4.78 is 5.06. The summed E-state index contributed by atoms with van der Waals surface area (Å²) in [7, 11) is 1.51. The molecule has 2 N–H and O–H groups in total. The molecule has 1 fully saturated rings. The molecule has 1 unspecified atom stereocenters. The van der Waals surface area contributed by atoms with Gasteiger partial charge in [-0.15, -0.1) is 0 Å². The molecular formula is C12H15N3O4. The number of nitro groups is 1. The molecule has 0 radical (unpaired) electrons. The lowest BCUT2D eigenvalue weighted by molar-refractivity contribution is -0.384. The number of carbonyl (C=O) groups is 1. The molecule has 7 heteroatoms. The van der Waals surface area contributed by atoms with E-state index in [4.69, 9.17) is 4.74 Å². The van der Waals surface area contributed by atoms with Crippen molar-refractivity contribution >= 4 is 17.3 Å². The van der Waals surface area contributed by atoms with E-state index in [1.807, 2.05) is 0 Å². The molecule has 1 aliphatic rings. The van der Waals surface area contributed by atoms with Gasteiger partial charge in [0.2, 0.25) is 5.91 Å². The van der Waals surface area contributed by atoms with Gasteiger partial charge in [0.1, 0.15) is 11.4 Å². The Hall–Kier alpha value is -2.31. The first-order valence-electron chi connectivity index (χ1n) is 5.96.